The highest BCUT2D eigenvalue weighted by atomic mass is 16.5. The van der Waals surface area contributed by atoms with Crippen molar-refractivity contribution in [2.45, 2.75) is 6.92 Å². The molecule has 3 aromatic rings. The number of hydrogen-bond acceptors (Lipinski definition) is 5. The number of nitrogens with one attached hydrogen (secondary N) is 1. The topological polar surface area (TPSA) is 69.2 Å². The Morgan fingerprint density at radius 3 is 2.50 bits per heavy atom. The molecule has 28 heavy (non-hydrogen) atoms. The average molecular weight is 378 g/mol. The van der Waals surface area contributed by atoms with Gasteiger partial charge in [0.2, 0.25) is 0 Å². The summed E-state index contributed by atoms with van der Waals surface area (Å²) in [6.45, 7) is 1.80. The lowest BCUT2D eigenvalue weighted by atomic mass is 10.1. The highest BCUT2D eigenvalue weighted by Gasteiger charge is 2.08. The molecule has 0 aliphatic rings. The van der Waals surface area contributed by atoms with Gasteiger partial charge in [0.15, 0.2) is 18.1 Å². The first-order valence-corrected chi connectivity index (χ1v) is 8.77. The SMILES string of the molecule is COc1cc(C)c(/C=N/NC(=O)COc2cccc3ccccc23)cc1OC. The van der Waals surface area contributed by atoms with Gasteiger partial charge in [-0.25, -0.2) is 5.43 Å². The van der Waals surface area contributed by atoms with Crippen LogP contribution in [0.15, 0.2) is 59.7 Å². The Balaban J connectivity index is 1.61. The lowest BCUT2D eigenvalue weighted by Gasteiger charge is -2.10. The van der Waals surface area contributed by atoms with E-state index in [0.717, 1.165) is 21.9 Å². The largest absolute Gasteiger partial charge is 0.493 e. The fraction of sp³-hybridized carbons (Fsp3) is 0.182. The van der Waals surface area contributed by atoms with Crippen LogP contribution in [-0.2, 0) is 4.79 Å². The molecule has 6 heteroatoms. The number of fused-ring (bicyclic) bond motifs is 1. The van der Waals surface area contributed by atoms with E-state index < -0.39 is 0 Å². The van der Waals surface area contributed by atoms with Gasteiger partial charge < -0.3 is 14.2 Å². The molecule has 0 atom stereocenters. The van der Waals surface area contributed by atoms with Crippen LogP contribution >= 0.6 is 0 Å². The van der Waals surface area contributed by atoms with Crippen molar-refractivity contribution < 1.29 is 19.0 Å². The zero-order valence-electron chi connectivity index (χ0n) is 16.1. The smallest absolute Gasteiger partial charge is 0.277 e. The van der Waals surface area contributed by atoms with Gasteiger partial charge in [-0.2, -0.15) is 5.10 Å². The van der Waals surface area contributed by atoms with Crippen molar-refractivity contribution in [3.63, 3.8) is 0 Å². The van der Waals surface area contributed by atoms with E-state index in [1.807, 2.05) is 55.5 Å². The summed E-state index contributed by atoms with van der Waals surface area (Å²) in [5.41, 5.74) is 4.24. The van der Waals surface area contributed by atoms with Crippen molar-refractivity contribution in [3.8, 4) is 17.2 Å². The fourth-order valence-electron chi connectivity index (χ4n) is 2.81. The van der Waals surface area contributed by atoms with E-state index in [2.05, 4.69) is 10.5 Å². The van der Waals surface area contributed by atoms with Gasteiger partial charge in [0, 0.05) is 10.9 Å². The van der Waals surface area contributed by atoms with Crippen molar-refractivity contribution in [2.24, 2.45) is 5.10 Å². The van der Waals surface area contributed by atoms with E-state index in [1.165, 1.54) is 0 Å². The Bertz CT molecular complexity index is 1010. The number of aryl methyl sites for hydroxylation is 1. The molecule has 0 spiro atoms. The number of ether oxygens (including phenoxy) is 3. The summed E-state index contributed by atoms with van der Waals surface area (Å²) >= 11 is 0. The van der Waals surface area contributed by atoms with Crippen molar-refractivity contribution in [1.82, 2.24) is 5.43 Å². The maximum Gasteiger partial charge on any atom is 0.277 e. The molecule has 3 aromatic carbocycles. The summed E-state index contributed by atoms with van der Waals surface area (Å²) in [4.78, 5) is 12.1. The molecule has 0 aliphatic carbocycles. The van der Waals surface area contributed by atoms with Gasteiger partial charge in [-0.05, 0) is 36.1 Å². The van der Waals surface area contributed by atoms with Crippen LogP contribution < -0.4 is 19.6 Å². The summed E-state index contributed by atoms with van der Waals surface area (Å²) in [6.07, 6.45) is 1.56. The van der Waals surface area contributed by atoms with Crippen LogP contribution in [0.1, 0.15) is 11.1 Å². The third-order valence-corrected chi connectivity index (χ3v) is 4.27. The molecule has 0 saturated heterocycles. The van der Waals surface area contributed by atoms with Gasteiger partial charge in [0.1, 0.15) is 5.75 Å². The number of hydrogen-bond donors (Lipinski definition) is 1. The normalized spacial score (nSPS) is 10.8. The zero-order chi connectivity index (χ0) is 19.9. The fourth-order valence-corrected chi connectivity index (χ4v) is 2.81. The van der Waals surface area contributed by atoms with Crippen molar-refractivity contribution >= 4 is 22.9 Å². The number of carbonyl (C=O) groups excluding carboxylic acids is 1. The number of nitrogens with zero attached hydrogens (tertiary/aromatic N) is 1. The van der Waals surface area contributed by atoms with E-state index in [-0.39, 0.29) is 12.5 Å². The summed E-state index contributed by atoms with van der Waals surface area (Å²) in [7, 11) is 3.15. The number of hydrazone groups is 1. The minimum absolute atomic E-state index is 0.129. The number of amides is 1. The number of benzene rings is 3. The number of carbonyl (C=O) groups is 1. The van der Waals surface area contributed by atoms with Crippen LogP contribution in [0, 0.1) is 6.92 Å². The van der Waals surface area contributed by atoms with Crippen LogP contribution in [0.4, 0.5) is 0 Å². The van der Waals surface area contributed by atoms with Crippen LogP contribution in [0.3, 0.4) is 0 Å². The lowest BCUT2D eigenvalue weighted by molar-refractivity contribution is -0.123. The molecule has 0 aliphatic heterocycles. The predicted molar refractivity (Wildman–Crippen MR) is 109 cm³/mol. The molecular weight excluding hydrogens is 356 g/mol. The highest BCUT2D eigenvalue weighted by molar-refractivity contribution is 5.89. The monoisotopic (exact) mass is 378 g/mol. The average Bonchev–Trinajstić information content (AvgIpc) is 2.73. The summed E-state index contributed by atoms with van der Waals surface area (Å²) in [5, 5.41) is 6.03. The van der Waals surface area contributed by atoms with Crippen LogP contribution in [0.5, 0.6) is 17.2 Å². The van der Waals surface area contributed by atoms with Gasteiger partial charge in [0.05, 0.1) is 20.4 Å². The van der Waals surface area contributed by atoms with Crippen molar-refractivity contribution in [2.75, 3.05) is 20.8 Å². The Labute approximate surface area is 163 Å². The molecule has 0 unspecified atom stereocenters. The molecule has 3 rings (SSSR count). The molecule has 0 fully saturated rings. The van der Waals surface area contributed by atoms with Gasteiger partial charge in [0.25, 0.3) is 5.91 Å². The molecule has 1 N–H and O–H groups in total. The first-order valence-electron chi connectivity index (χ1n) is 8.77. The number of methoxy groups -OCH3 is 2. The minimum atomic E-state index is -0.345. The molecule has 1 amide bonds. The summed E-state index contributed by atoms with van der Waals surface area (Å²) in [6, 6.07) is 17.2. The lowest BCUT2D eigenvalue weighted by Crippen LogP contribution is -2.24. The molecule has 0 aromatic heterocycles. The van der Waals surface area contributed by atoms with Crippen molar-refractivity contribution in [1.29, 1.82) is 0 Å². The second kappa shape index (κ2) is 8.90. The Kier molecular flexibility index (Phi) is 6.11. The molecule has 144 valence electrons. The molecule has 0 heterocycles. The zero-order valence-corrected chi connectivity index (χ0v) is 16.1. The molecule has 0 saturated carbocycles. The Morgan fingerprint density at radius 2 is 1.71 bits per heavy atom. The minimum Gasteiger partial charge on any atom is -0.493 e. The Hall–Kier alpha value is -3.54. The second-order valence-corrected chi connectivity index (χ2v) is 6.12. The van der Waals surface area contributed by atoms with Crippen LogP contribution in [0.2, 0.25) is 0 Å². The summed E-state index contributed by atoms with van der Waals surface area (Å²) in [5.74, 6) is 1.56. The predicted octanol–water partition coefficient (Wildman–Crippen LogP) is 3.69. The summed E-state index contributed by atoms with van der Waals surface area (Å²) < 4.78 is 16.2. The second-order valence-electron chi connectivity index (χ2n) is 6.12. The molecule has 6 nitrogen and oxygen atoms in total. The van der Waals surface area contributed by atoms with Gasteiger partial charge in [-0.1, -0.05) is 36.4 Å². The van der Waals surface area contributed by atoms with E-state index in [4.69, 9.17) is 14.2 Å². The van der Waals surface area contributed by atoms with Gasteiger partial charge in [-0.3, -0.25) is 4.79 Å². The van der Waals surface area contributed by atoms with Gasteiger partial charge >= 0.3 is 0 Å². The maximum atomic E-state index is 12.1. The molecule has 0 radical (unpaired) electrons. The highest BCUT2D eigenvalue weighted by Crippen LogP contribution is 2.29. The molecule has 0 bridgehead atoms. The van der Waals surface area contributed by atoms with E-state index in [9.17, 15) is 4.79 Å². The standard InChI is InChI=1S/C22H22N2O4/c1-15-11-20(26-2)21(27-3)12-17(15)13-23-24-22(25)14-28-19-10-6-8-16-7-4-5-9-18(16)19/h4-13H,14H2,1-3H3,(H,24,25)/b23-13+. The Morgan fingerprint density at radius 1 is 1.00 bits per heavy atom. The van der Waals surface area contributed by atoms with E-state index in [1.54, 1.807) is 26.5 Å². The first-order chi connectivity index (χ1) is 13.6. The molecular formula is C22H22N2O4. The number of rotatable bonds is 7. The quantitative estimate of drug-likeness (QED) is 0.503. The van der Waals surface area contributed by atoms with Gasteiger partial charge in [-0.15, -0.1) is 0 Å². The van der Waals surface area contributed by atoms with Crippen LogP contribution in [-0.4, -0.2) is 32.9 Å². The van der Waals surface area contributed by atoms with E-state index >= 15 is 0 Å². The third kappa shape index (κ3) is 4.40. The third-order valence-electron chi connectivity index (χ3n) is 4.27. The first kappa shape index (κ1) is 19.2. The van der Waals surface area contributed by atoms with Crippen molar-refractivity contribution in [3.05, 3.63) is 65.7 Å². The van der Waals surface area contributed by atoms with E-state index in [0.29, 0.717) is 17.2 Å². The maximum absolute atomic E-state index is 12.1. The van der Waals surface area contributed by atoms with Crippen LogP contribution in [0.25, 0.3) is 10.8 Å².